The summed E-state index contributed by atoms with van der Waals surface area (Å²) in [6.07, 6.45) is 6.34. The molecule has 1 aromatic rings. The Morgan fingerprint density at radius 1 is 1.25 bits per heavy atom. The summed E-state index contributed by atoms with van der Waals surface area (Å²) in [7, 11) is 0. The molecule has 4 heteroatoms. The van der Waals surface area contributed by atoms with Crippen LogP contribution in [0, 0.1) is 0 Å². The van der Waals surface area contributed by atoms with E-state index in [0.29, 0.717) is 0 Å². The molecule has 1 N–H and O–H groups in total. The molecule has 0 bridgehead atoms. The van der Waals surface area contributed by atoms with Crippen LogP contribution in [0.15, 0.2) is 48.9 Å². The molecule has 80 valence electrons. The van der Waals surface area contributed by atoms with Crippen molar-refractivity contribution in [3.8, 4) is 0 Å². The second-order valence-electron chi connectivity index (χ2n) is 3.57. The summed E-state index contributed by atoms with van der Waals surface area (Å²) in [4.78, 5) is 13.6. The quantitative estimate of drug-likeness (QED) is 0.716. The normalized spacial score (nSPS) is 21.6. The van der Waals surface area contributed by atoms with Gasteiger partial charge in [-0.1, -0.05) is 12.1 Å². The van der Waals surface area contributed by atoms with Crippen molar-refractivity contribution in [2.45, 2.75) is 6.23 Å². The molecule has 4 nitrogen and oxygen atoms in total. The molecule has 0 fully saturated rings. The standard InChI is InChI=1S/C12H10N2O2/c15-11-12-14(7-3-4-8-16-12)10-6-2-1-5-9(10)13-11/h1-8,12H,(H,13,15). The molecule has 2 aliphatic heterocycles. The molecule has 0 saturated heterocycles. The third-order valence-corrected chi connectivity index (χ3v) is 2.56. The van der Waals surface area contributed by atoms with Gasteiger partial charge in [-0.05, 0) is 24.3 Å². The first kappa shape index (κ1) is 9.03. The zero-order valence-electron chi connectivity index (χ0n) is 8.46. The van der Waals surface area contributed by atoms with Crippen molar-refractivity contribution in [3.05, 3.63) is 48.9 Å². The van der Waals surface area contributed by atoms with E-state index in [-0.39, 0.29) is 5.91 Å². The highest BCUT2D eigenvalue weighted by atomic mass is 16.5. The van der Waals surface area contributed by atoms with Crippen molar-refractivity contribution in [1.29, 1.82) is 0 Å². The number of benzene rings is 1. The van der Waals surface area contributed by atoms with Crippen LogP contribution < -0.4 is 10.2 Å². The Morgan fingerprint density at radius 3 is 3.06 bits per heavy atom. The zero-order chi connectivity index (χ0) is 11.0. The molecule has 1 atom stereocenters. The number of carbonyl (C=O) groups excluding carboxylic acids is 1. The number of rotatable bonds is 0. The first-order valence-electron chi connectivity index (χ1n) is 5.03. The number of para-hydroxylation sites is 2. The molecule has 0 aliphatic carbocycles. The summed E-state index contributed by atoms with van der Waals surface area (Å²) < 4.78 is 5.35. The van der Waals surface area contributed by atoms with E-state index < -0.39 is 6.23 Å². The Bertz CT molecular complexity index is 494. The number of hydrogen-bond donors (Lipinski definition) is 1. The fourth-order valence-electron chi connectivity index (χ4n) is 1.85. The Hall–Kier alpha value is -2.23. The molecular weight excluding hydrogens is 204 g/mol. The maximum absolute atomic E-state index is 11.8. The van der Waals surface area contributed by atoms with Gasteiger partial charge in [0.05, 0.1) is 17.6 Å². The molecule has 2 heterocycles. The van der Waals surface area contributed by atoms with Crippen LogP contribution in [0.3, 0.4) is 0 Å². The van der Waals surface area contributed by atoms with E-state index in [0.717, 1.165) is 11.4 Å². The number of nitrogens with zero attached hydrogens (tertiary/aromatic N) is 1. The highest BCUT2D eigenvalue weighted by molar-refractivity contribution is 6.03. The molecule has 0 saturated carbocycles. The number of carbonyl (C=O) groups is 1. The summed E-state index contributed by atoms with van der Waals surface area (Å²) >= 11 is 0. The lowest BCUT2D eigenvalue weighted by Gasteiger charge is -2.33. The van der Waals surface area contributed by atoms with Crippen LogP contribution in [0.4, 0.5) is 11.4 Å². The minimum absolute atomic E-state index is 0.157. The lowest BCUT2D eigenvalue weighted by atomic mass is 10.2. The Balaban J connectivity index is 2.11. The van der Waals surface area contributed by atoms with Crippen LogP contribution >= 0.6 is 0 Å². The highest BCUT2D eigenvalue weighted by Crippen LogP contribution is 2.32. The monoisotopic (exact) mass is 214 g/mol. The average Bonchev–Trinajstić information content (AvgIpc) is 2.55. The van der Waals surface area contributed by atoms with Crippen LogP contribution in [0.1, 0.15) is 0 Å². The van der Waals surface area contributed by atoms with E-state index in [1.54, 1.807) is 6.08 Å². The maximum Gasteiger partial charge on any atom is 0.287 e. The van der Waals surface area contributed by atoms with Crippen LogP contribution in [0.2, 0.25) is 0 Å². The SMILES string of the molecule is O=C1Nc2ccccc2N2C=CC=COC12. The van der Waals surface area contributed by atoms with Crippen molar-refractivity contribution >= 4 is 17.3 Å². The van der Waals surface area contributed by atoms with Gasteiger partial charge in [0.25, 0.3) is 12.1 Å². The first-order valence-corrected chi connectivity index (χ1v) is 5.03. The second kappa shape index (κ2) is 3.41. The topological polar surface area (TPSA) is 41.6 Å². The van der Waals surface area contributed by atoms with Gasteiger partial charge in [-0.2, -0.15) is 0 Å². The van der Waals surface area contributed by atoms with Gasteiger partial charge >= 0.3 is 0 Å². The summed E-state index contributed by atoms with van der Waals surface area (Å²) in [6.45, 7) is 0. The fourth-order valence-corrected chi connectivity index (χ4v) is 1.85. The van der Waals surface area contributed by atoms with Crippen molar-refractivity contribution in [2.24, 2.45) is 0 Å². The van der Waals surface area contributed by atoms with Crippen LogP contribution in [-0.4, -0.2) is 12.1 Å². The molecule has 1 aromatic carbocycles. The number of hydrogen-bond acceptors (Lipinski definition) is 3. The highest BCUT2D eigenvalue weighted by Gasteiger charge is 2.32. The predicted molar refractivity (Wildman–Crippen MR) is 60.7 cm³/mol. The van der Waals surface area contributed by atoms with Gasteiger partial charge in [0, 0.05) is 6.20 Å². The summed E-state index contributed by atoms with van der Waals surface area (Å²) in [6, 6.07) is 7.63. The third-order valence-electron chi connectivity index (χ3n) is 2.56. The summed E-state index contributed by atoms with van der Waals surface area (Å²) in [5, 5.41) is 2.81. The van der Waals surface area contributed by atoms with Crippen LogP contribution in [0.25, 0.3) is 0 Å². The van der Waals surface area contributed by atoms with Gasteiger partial charge < -0.3 is 15.0 Å². The van der Waals surface area contributed by atoms with E-state index in [4.69, 9.17) is 4.74 Å². The van der Waals surface area contributed by atoms with Gasteiger partial charge in [-0.15, -0.1) is 0 Å². The third kappa shape index (κ3) is 1.27. The van der Waals surface area contributed by atoms with Crippen molar-refractivity contribution in [2.75, 3.05) is 10.2 Å². The van der Waals surface area contributed by atoms with Gasteiger partial charge in [-0.3, -0.25) is 4.79 Å². The van der Waals surface area contributed by atoms with Crippen LogP contribution in [0.5, 0.6) is 0 Å². The second-order valence-corrected chi connectivity index (χ2v) is 3.57. The van der Waals surface area contributed by atoms with Crippen molar-refractivity contribution in [1.82, 2.24) is 0 Å². The number of anilines is 2. The number of fused-ring (bicyclic) bond motifs is 3. The van der Waals surface area contributed by atoms with Gasteiger partial charge in [-0.25, -0.2) is 0 Å². The molecule has 16 heavy (non-hydrogen) atoms. The van der Waals surface area contributed by atoms with E-state index in [1.807, 2.05) is 41.4 Å². The Morgan fingerprint density at radius 2 is 2.12 bits per heavy atom. The fraction of sp³-hybridized carbons (Fsp3) is 0.0833. The minimum atomic E-state index is -0.620. The molecular formula is C12H10N2O2. The van der Waals surface area contributed by atoms with E-state index in [1.165, 1.54) is 6.26 Å². The van der Waals surface area contributed by atoms with Crippen LogP contribution in [-0.2, 0) is 9.53 Å². The molecule has 3 rings (SSSR count). The van der Waals surface area contributed by atoms with E-state index in [2.05, 4.69) is 5.32 Å². The maximum atomic E-state index is 11.8. The molecule has 1 amide bonds. The molecule has 0 aromatic heterocycles. The average molecular weight is 214 g/mol. The zero-order valence-corrected chi connectivity index (χ0v) is 8.46. The minimum Gasteiger partial charge on any atom is -0.468 e. The number of ether oxygens (including phenoxy) is 1. The van der Waals surface area contributed by atoms with Gasteiger partial charge in [0.1, 0.15) is 0 Å². The molecule has 0 radical (unpaired) electrons. The van der Waals surface area contributed by atoms with E-state index >= 15 is 0 Å². The largest absolute Gasteiger partial charge is 0.468 e. The first-order chi connectivity index (χ1) is 7.86. The lowest BCUT2D eigenvalue weighted by Crippen LogP contribution is -2.45. The lowest BCUT2D eigenvalue weighted by molar-refractivity contribution is -0.124. The van der Waals surface area contributed by atoms with Crippen molar-refractivity contribution < 1.29 is 9.53 Å². The number of nitrogens with one attached hydrogen (secondary N) is 1. The summed E-state index contributed by atoms with van der Waals surface area (Å²) in [5.74, 6) is -0.157. The smallest absolute Gasteiger partial charge is 0.287 e. The van der Waals surface area contributed by atoms with E-state index in [9.17, 15) is 4.79 Å². The predicted octanol–water partition coefficient (Wildman–Crippen LogP) is 1.83. The summed E-state index contributed by atoms with van der Waals surface area (Å²) in [5.41, 5.74) is 1.74. The van der Waals surface area contributed by atoms with Crippen molar-refractivity contribution in [3.63, 3.8) is 0 Å². The Kier molecular flexibility index (Phi) is 1.93. The molecule has 0 spiro atoms. The Labute approximate surface area is 92.8 Å². The molecule has 1 unspecified atom stereocenters. The van der Waals surface area contributed by atoms with Gasteiger partial charge in [0.2, 0.25) is 0 Å². The number of allylic oxidation sites excluding steroid dienone is 2. The number of amides is 1. The van der Waals surface area contributed by atoms with Gasteiger partial charge in [0.15, 0.2) is 0 Å². The molecule has 2 aliphatic rings.